The number of allylic oxidation sites excluding steroid dienone is 2. The predicted octanol–water partition coefficient (Wildman–Crippen LogP) is -0.174. The molecule has 4 N–H and O–H groups in total. The van der Waals surface area contributed by atoms with Crippen LogP contribution >= 0.6 is 0 Å². The fourth-order valence-corrected chi connectivity index (χ4v) is 2.52. The lowest BCUT2D eigenvalue weighted by Crippen LogP contribution is -2.64. The fourth-order valence-electron chi connectivity index (χ4n) is 2.52. The smallest absolute Gasteiger partial charge is 0.244 e. The zero-order valence-electron chi connectivity index (χ0n) is 13.9. The molecule has 25 heavy (non-hydrogen) atoms. The second kappa shape index (κ2) is 9.45. The number of ether oxygens (including phenoxy) is 2. The molecule has 5 atom stereocenters. The summed E-state index contributed by atoms with van der Waals surface area (Å²) in [5.41, 5.74) is 1.00. The van der Waals surface area contributed by atoms with Crippen molar-refractivity contribution < 1.29 is 29.6 Å². The van der Waals surface area contributed by atoms with Crippen molar-refractivity contribution in [2.75, 3.05) is 13.7 Å². The number of benzene rings is 1. The van der Waals surface area contributed by atoms with Crippen LogP contribution < -0.4 is 5.32 Å². The summed E-state index contributed by atoms with van der Waals surface area (Å²) in [6.45, 7) is -0.469. The highest BCUT2D eigenvalue weighted by atomic mass is 16.7. The first-order valence-corrected chi connectivity index (χ1v) is 7.92. The number of nitrogens with one attached hydrogen (secondary N) is 1. The van der Waals surface area contributed by atoms with E-state index in [1.165, 1.54) is 13.2 Å². The van der Waals surface area contributed by atoms with Crippen molar-refractivity contribution in [2.24, 2.45) is 0 Å². The first-order valence-electron chi connectivity index (χ1n) is 7.92. The number of aliphatic hydroxyl groups is 3. The number of methoxy groups -OCH3 is 1. The molecule has 1 fully saturated rings. The van der Waals surface area contributed by atoms with E-state index < -0.39 is 43.2 Å². The first-order chi connectivity index (χ1) is 12.1. The quantitative estimate of drug-likeness (QED) is 0.419. The van der Waals surface area contributed by atoms with E-state index in [-0.39, 0.29) is 0 Å². The van der Waals surface area contributed by atoms with Gasteiger partial charge < -0.3 is 30.1 Å². The van der Waals surface area contributed by atoms with Gasteiger partial charge in [0.2, 0.25) is 5.91 Å². The van der Waals surface area contributed by atoms with Crippen molar-refractivity contribution in [2.45, 2.75) is 30.6 Å². The molecular weight excluding hydrogens is 326 g/mol. The average molecular weight is 349 g/mol. The summed E-state index contributed by atoms with van der Waals surface area (Å²) < 4.78 is 10.4. The Hall–Kier alpha value is -2.03. The van der Waals surface area contributed by atoms with Crippen LogP contribution in [0.3, 0.4) is 0 Å². The zero-order valence-corrected chi connectivity index (χ0v) is 13.9. The third kappa shape index (κ3) is 5.22. The fraction of sp³-hybridized carbons (Fsp3) is 0.389. The third-order valence-corrected chi connectivity index (χ3v) is 3.87. The largest absolute Gasteiger partial charge is 0.394 e. The molecule has 7 nitrogen and oxygen atoms in total. The minimum Gasteiger partial charge on any atom is -0.394 e. The Balaban J connectivity index is 1.94. The Labute approximate surface area is 146 Å². The molecule has 1 saturated heterocycles. The maximum atomic E-state index is 12.0. The first kappa shape index (κ1) is 19.3. The maximum Gasteiger partial charge on any atom is 0.244 e. The van der Waals surface area contributed by atoms with Crippen LogP contribution in [0, 0.1) is 0 Å². The second-order valence-electron chi connectivity index (χ2n) is 5.61. The van der Waals surface area contributed by atoms with Crippen molar-refractivity contribution in [1.82, 2.24) is 5.32 Å². The van der Waals surface area contributed by atoms with E-state index in [0.29, 0.717) is 0 Å². The van der Waals surface area contributed by atoms with Crippen LogP contribution in [-0.4, -0.2) is 65.6 Å². The summed E-state index contributed by atoms with van der Waals surface area (Å²) in [6, 6.07) is 8.65. The van der Waals surface area contributed by atoms with Gasteiger partial charge in [-0.1, -0.05) is 48.6 Å². The van der Waals surface area contributed by atoms with Crippen LogP contribution in [0.5, 0.6) is 0 Å². The summed E-state index contributed by atoms with van der Waals surface area (Å²) in [5.74, 6) is -0.470. The third-order valence-electron chi connectivity index (χ3n) is 3.87. The molecule has 136 valence electrons. The van der Waals surface area contributed by atoms with E-state index in [9.17, 15) is 15.0 Å². The summed E-state index contributed by atoms with van der Waals surface area (Å²) in [5, 5.41) is 31.7. The molecule has 0 saturated carbocycles. The van der Waals surface area contributed by atoms with Gasteiger partial charge in [-0.3, -0.25) is 4.79 Å². The van der Waals surface area contributed by atoms with E-state index in [4.69, 9.17) is 14.6 Å². The lowest BCUT2D eigenvalue weighted by Gasteiger charge is -2.41. The van der Waals surface area contributed by atoms with Crippen molar-refractivity contribution in [3.63, 3.8) is 0 Å². The van der Waals surface area contributed by atoms with Gasteiger partial charge in [0.05, 0.1) is 6.61 Å². The Morgan fingerprint density at radius 1 is 1.24 bits per heavy atom. The molecule has 0 aliphatic carbocycles. The van der Waals surface area contributed by atoms with Crippen molar-refractivity contribution in [3.8, 4) is 0 Å². The molecule has 7 heteroatoms. The Kier molecular flexibility index (Phi) is 7.30. The molecule has 1 amide bonds. The molecule has 0 aromatic heterocycles. The SMILES string of the molecule is COC1OC(CO)C(O)C(O)C1NC(=O)/C=C/C=C/c1ccccc1. The number of aliphatic hydroxyl groups excluding tert-OH is 3. The summed E-state index contributed by atoms with van der Waals surface area (Å²) in [6.07, 6.45) is 1.81. The highest BCUT2D eigenvalue weighted by Crippen LogP contribution is 2.21. The summed E-state index contributed by atoms with van der Waals surface area (Å²) >= 11 is 0. The van der Waals surface area contributed by atoms with Crippen LogP contribution in [0.25, 0.3) is 6.08 Å². The molecule has 1 heterocycles. The minimum absolute atomic E-state index is 0.469. The predicted molar refractivity (Wildman–Crippen MR) is 91.3 cm³/mol. The van der Waals surface area contributed by atoms with Gasteiger partial charge in [-0.2, -0.15) is 0 Å². The number of hydrogen-bond donors (Lipinski definition) is 4. The molecule has 1 aromatic carbocycles. The van der Waals surface area contributed by atoms with E-state index in [0.717, 1.165) is 5.56 Å². The topological polar surface area (TPSA) is 108 Å². The highest BCUT2D eigenvalue weighted by Gasteiger charge is 2.44. The highest BCUT2D eigenvalue weighted by molar-refractivity contribution is 5.88. The van der Waals surface area contributed by atoms with Gasteiger partial charge in [0.1, 0.15) is 24.4 Å². The Bertz CT molecular complexity index is 601. The van der Waals surface area contributed by atoms with Gasteiger partial charge in [0.15, 0.2) is 6.29 Å². The number of carbonyl (C=O) groups is 1. The molecular formula is C18H23NO6. The molecule has 1 aromatic rings. The van der Waals surface area contributed by atoms with Crippen molar-refractivity contribution in [3.05, 3.63) is 54.1 Å². The average Bonchev–Trinajstić information content (AvgIpc) is 2.64. The lowest BCUT2D eigenvalue weighted by molar-refractivity contribution is -0.262. The second-order valence-corrected chi connectivity index (χ2v) is 5.61. The van der Waals surface area contributed by atoms with Crippen LogP contribution in [-0.2, 0) is 14.3 Å². The van der Waals surface area contributed by atoms with Gasteiger partial charge in [0.25, 0.3) is 0 Å². The van der Waals surface area contributed by atoms with Crippen molar-refractivity contribution >= 4 is 12.0 Å². The lowest BCUT2D eigenvalue weighted by atomic mass is 9.97. The van der Waals surface area contributed by atoms with Crippen LogP contribution in [0.15, 0.2) is 48.6 Å². The van der Waals surface area contributed by atoms with Gasteiger partial charge in [-0.15, -0.1) is 0 Å². The number of carbonyl (C=O) groups excluding carboxylic acids is 1. The van der Waals surface area contributed by atoms with Gasteiger partial charge in [-0.25, -0.2) is 0 Å². The summed E-state index contributed by atoms with van der Waals surface area (Å²) in [4.78, 5) is 12.0. The normalized spacial score (nSPS) is 30.0. The molecule has 0 radical (unpaired) electrons. The number of hydrogen-bond acceptors (Lipinski definition) is 6. The van der Waals surface area contributed by atoms with Crippen LogP contribution in [0.4, 0.5) is 0 Å². The number of amides is 1. The van der Waals surface area contributed by atoms with E-state index in [1.54, 1.807) is 12.2 Å². The van der Waals surface area contributed by atoms with Crippen molar-refractivity contribution in [1.29, 1.82) is 0 Å². The zero-order chi connectivity index (χ0) is 18.2. The molecule has 0 spiro atoms. The molecule has 1 aliphatic rings. The van der Waals surface area contributed by atoms with Crippen LogP contribution in [0.2, 0.25) is 0 Å². The van der Waals surface area contributed by atoms with Crippen LogP contribution in [0.1, 0.15) is 5.56 Å². The summed E-state index contributed by atoms with van der Waals surface area (Å²) in [7, 11) is 1.35. The molecule has 1 aliphatic heterocycles. The molecule has 5 unspecified atom stereocenters. The van der Waals surface area contributed by atoms with E-state index >= 15 is 0 Å². The Morgan fingerprint density at radius 3 is 2.60 bits per heavy atom. The standard InChI is InChI=1S/C18H23NO6/c1-24-18-15(17(23)16(22)13(11-20)25-18)19-14(21)10-6-5-9-12-7-3-2-4-8-12/h2-10,13,15-18,20,22-23H,11H2,1H3,(H,19,21)/b9-5+,10-6+. The number of rotatable bonds is 6. The minimum atomic E-state index is -1.33. The molecule has 0 bridgehead atoms. The van der Waals surface area contributed by atoms with Gasteiger partial charge >= 0.3 is 0 Å². The molecule has 2 rings (SSSR count). The Morgan fingerprint density at radius 2 is 1.96 bits per heavy atom. The van der Waals surface area contributed by atoms with E-state index in [2.05, 4.69) is 5.32 Å². The van der Waals surface area contributed by atoms with Gasteiger partial charge in [0, 0.05) is 13.2 Å². The van der Waals surface area contributed by atoms with Gasteiger partial charge in [-0.05, 0) is 5.56 Å². The maximum absolute atomic E-state index is 12.0. The monoisotopic (exact) mass is 349 g/mol. The van der Waals surface area contributed by atoms with E-state index in [1.807, 2.05) is 36.4 Å².